The Hall–Kier alpha value is -0.450. The van der Waals surface area contributed by atoms with Crippen LogP contribution in [-0.4, -0.2) is 73.1 Å². The van der Waals surface area contributed by atoms with Crippen molar-refractivity contribution in [1.82, 2.24) is 25.4 Å². The van der Waals surface area contributed by atoms with Gasteiger partial charge in [-0.3, -0.25) is 0 Å². The quantitative estimate of drug-likeness (QED) is 0.233. The molecular weight excluding hydrogens is 471 g/mol. The molecule has 1 aromatic rings. The number of halogens is 1. The number of nitrogens with zero attached hydrogens (tertiary/aromatic N) is 4. The van der Waals surface area contributed by atoms with Crippen molar-refractivity contribution >= 4 is 41.3 Å². The molecule has 1 fully saturated rings. The van der Waals surface area contributed by atoms with Gasteiger partial charge in [-0.1, -0.05) is 6.92 Å². The summed E-state index contributed by atoms with van der Waals surface area (Å²) in [5.41, 5.74) is 1.11. The van der Waals surface area contributed by atoms with Crippen molar-refractivity contribution in [1.29, 1.82) is 0 Å². The van der Waals surface area contributed by atoms with Gasteiger partial charge in [-0.25, -0.2) is 9.98 Å². The third-order valence-electron chi connectivity index (χ3n) is 4.83. The smallest absolute Gasteiger partial charge is 0.191 e. The van der Waals surface area contributed by atoms with Crippen LogP contribution in [0.1, 0.15) is 42.3 Å². The minimum absolute atomic E-state index is 0. The molecule has 0 aromatic carbocycles. The molecule has 6 nitrogen and oxygen atoms in total. The molecule has 8 heteroatoms. The summed E-state index contributed by atoms with van der Waals surface area (Å²) in [6, 6.07) is 0. The molecule has 156 valence electrons. The van der Waals surface area contributed by atoms with Crippen molar-refractivity contribution in [2.24, 2.45) is 4.99 Å². The second kappa shape index (κ2) is 13.7. The normalized spacial score (nSPS) is 16.2. The van der Waals surface area contributed by atoms with Crippen LogP contribution >= 0.6 is 35.3 Å². The van der Waals surface area contributed by atoms with Crippen LogP contribution in [-0.2, 0) is 6.54 Å². The summed E-state index contributed by atoms with van der Waals surface area (Å²) < 4.78 is 0. The lowest BCUT2D eigenvalue weighted by molar-refractivity contribution is 0.136. The summed E-state index contributed by atoms with van der Waals surface area (Å²) in [5.74, 6) is 0.912. The predicted molar refractivity (Wildman–Crippen MR) is 128 cm³/mol. The van der Waals surface area contributed by atoms with Crippen LogP contribution in [0.25, 0.3) is 0 Å². The summed E-state index contributed by atoms with van der Waals surface area (Å²) in [5, 5.41) is 7.92. The number of thiazole rings is 1. The van der Waals surface area contributed by atoms with Crippen molar-refractivity contribution in [3.05, 3.63) is 15.6 Å². The van der Waals surface area contributed by atoms with Crippen LogP contribution < -0.4 is 10.6 Å². The molecule has 0 bridgehead atoms. The number of guanidine groups is 1. The van der Waals surface area contributed by atoms with Gasteiger partial charge < -0.3 is 20.4 Å². The van der Waals surface area contributed by atoms with Gasteiger partial charge in [0.25, 0.3) is 0 Å². The van der Waals surface area contributed by atoms with Crippen molar-refractivity contribution in [2.75, 3.05) is 52.4 Å². The molecule has 0 spiro atoms. The van der Waals surface area contributed by atoms with E-state index in [0.29, 0.717) is 6.54 Å². The van der Waals surface area contributed by atoms with Gasteiger partial charge in [0.1, 0.15) is 0 Å². The fourth-order valence-electron chi connectivity index (χ4n) is 3.21. The molecule has 1 aromatic heterocycles. The Morgan fingerprint density at radius 1 is 1.07 bits per heavy atom. The summed E-state index contributed by atoms with van der Waals surface area (Å²) in [7, 11) is 0. The van der Waals surface area contributed by atoms with Gasteiger partial charge >= 0.3 is 0 Å². The molecule has 0 unspecified atom stereocenters. The van der Waals surface area contributed by atoms with E-state index in [9.17, 15) is 0 Å². The lowest BCUT2D eigenvalue weighted by Crippen LogP contribution is -2.46. The van der Waals surface area contributed by atoms with Gasteiger partial charge in [0.05, 0.1) is 17.2 Å². The molecular formula is C19H37IN6S. The molecule has 2 rings (SSSR count). The van der Waals surface area contributed by atoms with E-state index in [0.717, 1.165) is 29.8 Å². The van der Waals surface area contributed by atoms with Crippen LogP contribution in [0, 0.1) is 13.8 Å². The summed E-state index contributed by atoms with van der Waals surface area (Å²) in [6.45, 7) is 18.3. The van der Waals surface area contributed by atoms with Crippen LogP contribution in [0.3, 0.4) is 0 Å². The first kappa shape index (κ1) is 24.6. The molecule has 1 aliphatic heterocycles. The molecule has 1 saturated heterocycles. The maximum Gasteiger partial charge on any atom is 0.191 e. The van der Waals surface area contributed by atoms with Crippen LogP contribution in [0.15, 0.2) is 4.99 Å². The average molecular weight is 509 g/mol. The van der Waals surface area contributed by atoms with Crippen molar-refractivity contribution in [3.63, 3.8) is 0 Å². The molecule has 0 saturated carbocycles. The number of hydrogen-bond acceptors (Lipinski definition) is 5. The van der Waals surface area contributed by atoms with Crippen molar-refractivity contribution < 1.29 is 0 Å². The monoisotopic (exact) mass is 508 g/mol. The number of hydrogen-bond donors (Lipinski definition) is 2. The Balaban J connectivity index is 0.00000364. The number of piperazine rings is 1. The molecule has 0 radical (unpaired) electrons. The average Bonchev–Trinajstić information content (AvgIpc) is 2.97. The summed E-state index contributed by atoms with van der Waals surface area (Å²) >= 11 is 1.74. The maximum absolute atomic E-state index is 4.71. The fourth-order valence-corrected chi connectivity index (χ4v) is 4.07. The van der Waals surface area contributed by atoms with Crippen LogP contribution in [0.4, 0.5) is 0 Å². The minimum atomic E-state index is 0. The van der Waals surface area contributed by atoms with Gasteiger partial charge in [0, 0.05) is 44.1 Å². The number of likely N-dealkylation sites (N-methyl/N-ethyl adjacent to an activating group) is 1. The Labute approximate surface area is 186 Å². The number of aromatic nitrogens is 1. The van der Waals surface area contributed by atoms with Crippen LogP contribution in [0.2, 0.25) is 0 Å². The Morgan fingerprint density at radius 2 is 1.78 bits per heavy atom. The highest BCUT2D eigenvalue weighted by molar-refractivity contribution is 14.0. The summed E-state index contributed by atoms with van der Waals surface area (Å²) in [4.78, 5) is 15.6. The van der Waals surface area contributed by atoms with E-state index >= 15 is 0 Å². The van der Waals surface area contributed by atoms with Crippen molar-refractivity contribution in [2.45, 2.75) is 47.1 Å². The van der Waals surface area contributed by atoms with E-state index in [4.69, 9.17) is 4.99 Å². The molecule has 0 atom stereocenters. The molecule has 2 N–H and O–H groups in total. The minimum Gasteiger partial charge on any atom is -0.357 e. The second-order valence-corrected chi connectivity index (χ2v) is 8.13. The van der Waals surface area contributed by atoms with Gasteiger partial charge in [-0.2, -0.15) is 0 Å². The first-order chi connectivity index (χ1) is 12.6. The number of unbranched alkanes of at least 4 members (excludes halogenated alkanes) is 1. The second-order valence-electron chi connectivity index (χ2n) is 6.85. The van der Waals surface area contributed by atoms with E-state index in [-0.39, 0.29) is 24.0 Å². The highest BCUT2D eigenvalue weighted by atomic mass is 127. The van der Waals surface area contributed by atoms with Gasteiger partial charge in [-0.05, 0) is 46.7 Å². The van der Waals surface area contributed by atoms with Crippen molar-refractivity contribution in [3.8, 4) is 0 Å². The Morgan fingerprint density at radius 3 is 2.37 bits per heavy atom. The zero-order valence-electron chi connectivity index (χ0n) is 17.4. The number of rotatable bonds is 9. The largest absolute Gasteiger partial charge is 0.357 e. The number of nitrogens with one attached hydrogen (secondary N) is 2. The Bertz CT molecular complexity index is 554. The predicted octanol–water partition coefficient (Wildman–Crippen LogP) is 2.85. The van der Waals surface area contributed by atoms with Crippen LogP contribution in [0.5, 0.6) is 0 Å². The zero-order chi connectivity index (χ0) is 18.8. The number of aryl methyl sites for hydroxylation is 2. The SMILES string of the molecule is CCNC(=NCc1sc(C)nc1C)NCCCCN1CCN(CC)CC1.I. The highest BCUT2D eigenvalue weighted by Crippen LogP contribution is 2.17. The van der Waals surface area contributed by atoms with E-state index in [1.54, 1.807) is 11.3 Å². The lowest BCUT2D eigenvalue weighted by atomic mass is 10.2. The molecule has 0 amide bonds. The molecule has 27 heavy (non-hydrogen) atoms. The third-order valence-corrected chi connectivity index (χ3v) is 5.89. The van der Waals surface area contributed by atoms with Gasteiger partial charge in [-0.15, -0.1) is 35.3 Å². The highest BCUT2D eigenvalue weighted by Gasteiger charge is 2.14. The topological polar surface area (TPSA) is 55.8 Å². The lowest BCUT2D eigenvalue weighted by Gasteiger charge is -2.34. The first-order valence-corrected chi connectivity index (χ1v) is 10.8. The molecule has 0 aliphatic carbocycles. The first-order valence-electron chi connectivity index (χ1n) is 10.0. The van der Waals surface area contributed by atoms with E-state index in [1.165, 1.54) is 57.0 Å². The number of aliphatic imine (C=N–C) groups is 1. The maximum atomic E-state index is 4.71. The van der Waals surface area contributed by atoms with Gasteiger partial charge in [0.2, 0.25) is 0 Å². The van der Waals surface area contributed by atoms with Gasteiger partial charge in [0.15, 0.2) is 5.96 Å². The zero-order valence-corrected chi connectivity index (χ0v) is 20.5. The van der Waals surface area contributed by atoms with E-state index < -0.39 is 0 Å². The third kappa shape index (κ3) is 9.06. The molecule has 2 heterocycles. The standard InChI is InChI=1S/C19H36N6S.HI/c1-5-20-19(22-15-18-16(3)23-17(4)26-18)21-9-7-8-10-25-13-11-24(6-2)12-14-25;/h5-15H2,1-4H3,(H2,20,21,22);1H. The fraction of sp³-hybridized carbons (Fsp3) is 0.789. The van der Waals surface area contributed by atoms with E-state index in [2.05, 4.69) is 53.1 Å². The Kier molecular flexibility index (Phi) is 12.5. The molecule has 1 aliphatic rings. The summed E-state index contributed by atoms with van der Waals surface area (Å²) in [6.07, 6.45) is 2.42. The van der Waals surface area contributed by atoms with E-state index in [1.807, 2.05) is 0 Å².